The van der Waals surface area contributed by atoms with Gasteiger partial charge >= 0.3 is 0 Å². The number of rotatable bonds is 6. The van der Waals surface area contributed by atoms with Crippen LogP contribution in [0.5, 0.6) is 0 Å². The SMILES string of the molecule is c1ccc2c(c1)oc1c(-c3cccc4c3sc3ccccc34)nc(-n3c4ccccc4c4c5ccccc5c5c6ccccc6sc5c43)nc12.c1ccc2c(c1)oc1c(-c3nc(-n4c5ccccc5c5c6ccccc6c6c7ccccc7sc6c54)nc4c3oc3ccccc34)cccc12.c1ccc2c(c1)oc1ccc(-c3nc(-n4c5ccccc5c5c6ccccc6c6c7ccccc7sc6c54)nc4c3oc3ccccc34)cc12. The number of nitrogens with zero attached hydrogens (tertiary/aromatic N) is 9. The van der Waals surface area contributed by atoms with Gasteiger partial charge in [0.15, 0.2) is 16.7 Å². The third-order valence-electron chi connectivity index (χ3n) is 30.6. The highest BCUT2D eigenvalue weighted by Gasteiger charge is 2.33. The van der Waals surface area contributed by atoms with Crippen LogP contribution in [-0.4, -0.2) is 43.6 Å². The summed E-state index contributed by atoms with van der Waals surface area (Å²) in [5.74, 6) is 1.83. The smallest absolute Gasteiger partial charge is 0.236 e. The maximum atomic E-state index is 6.65. The van der Waals surface area contributed by atoms with E-state index < -0.39 is 0 Å². The van der Waals surface area contributed by atoms with Crippen molar-refractivity contribution < 1.29 is 22.1 Å². The minimum absolute atomic E-state index is 0.590. The third-order valence-corrected chi connectivity index (χ3v) is 35.4. The number of furan rings is 5. The first-order valence-corrected chi connectivity index (χ1v) is 53.3. The van der Waals surface area contributed by atoms with Crippen LogP contribution in [0.4, 0.5) is 0 Å². The van der Waals surface area contributed by atoms with Gasteiger partial charge in [0, 0.05) is 153 Å². The molecule has 696 valence electrons. The molecule has 150 heavy (non-hydrogen) atoms. The summed E-state index contributed by atoms with van der Waals surface area (Å²) in [6, 6.07) is 147. The van der Waals surface area contributed by atoms with E-state index in [0.717, 1.165) is 155 Å². The summed E-state index contributed by atoms with van der Waals surface area (Å²) >= 11 is 7.32. The maximum Gasteiger partial charge on any atom is 0.236 e. The lowest BCUT2D eigenvalue weighted by Crippen LogP contribution is -2.03. The zero-order valence-electron chi connectivity index (χ0n) is 79.0. The Morgan fingerprint density at radius 1 is 0.173 bits per heavy atom. The van der Waals surface area contributed by atoms with Crippen molar-refractivity contribution in [3.63, 3.8) is 0 Å². The quantitative estimate of drug-likeness (QED) is 0.156. The molecule has 0 saturated carbocycles. The van der Waals surface area contributed by atoms with E-state index in [1.807, 2.05) is 125 Å². The molecule has 21 aromatic carbocycles. The van der Waals surface area contributed by atoms with Gasteiger partial charge in [-0.05, 0) is 148 Å². The summed E-state index contributed by atoms with van der Waals surface area (Å²) in [7, 11) is 0. The zero-order valence-corrected chi connectivity index (χ0v) is 82.3. The number of fused-ring (bicyclic) bond motifs is 48. The lowest BCUT2D eigenvalue weighted by molar-refractivity contribution is 0.662. The molecule has 18 heteroatoms. The molecule has 0 aliphatic rings. The Morgan fingerprint density at radius 3 is 0.880 bits per heavy atom. The molecule has 0 bridgehead atoms. The zero-order chi connectivity index (χ0) is 97.5. The standard InChI is InChI=1S/2C44H23N3O2S.C44H23N3OS2/c1-2-14-26-25(13-1)36-28-15-3-7-20-32(28)47(40(36)43-37(26)30-17-6-10-23-35(30)50-43)44-45-38-29-16-5-9-22-34(29)49-42(38)39(46-44)31-19-11-18-27-24-12-4-8-21-33(24)48-41(27)31;1-2-13-27-26(12-1)37-28-14-3-7-17-32(28)47(41(37)43-38(27)30-16-6-10-20-36(30)50-43)44-45-39(42-40(46-44)29-15-5-9-19-34(29)49-42)24-21-22-35-31(23-24)25-11-4-8-18-33(25)48-35;1-2-14-26-25(13-1)36-28-15-3-7-20-32(28)47(40(36)43-37(26)30-17-6-10-23-35(30)50-43)44-45-38-29-16-4-8-21-33(29)48-41(38)39(46-44)31-19-11-18-27-24-12-5-9-22-34(24)49-42(27)31/h3*1-23H. The Balaban J connectivity index is 0.0000000957. The minimum atomic E-state index is 0.590. The van der Waals surface area contributed by atoms with Crippen LogP contribution in [0, 0.1) is 0 Å². The Bertz CT molecular complexity index is 11900. The summed E-state index contributed by atoms with van der Waals surface area (Å²) in [5.41, 5.74) is 21.7. The topological polar surface area (TPSA) is 158 Å². The van der Waals surface area contributed by atoms with Crippen LogP contribution < -0.4 is 0 Å². The predicted octanol–water partition coefficient (Wildman–Crippen LogP) is 38.2. The highest BCUT2D eigenvalue weighted by molar-refractivity contribution is 7.28. The number of hydrogen-bond acceptors (Lipinski definition) is 15. The average Bonchev–Trinajstić information content (AvgIpc) is 1.54. The summed E-state index contributed by atoms with van der Waals surface area (Å²) < 4.78 is 49.4. The van der Waals surface area contributed by atoms with Gasteiger partial charge in [-0.25, -0.2) is 29.9 Å². The van der Waals surface area contributed by atoms with E-state index in [9.17, 15) is 0 Å². The molecular weight excluding hydrogens is 1920 g/mol. The second-order valence-corrected chi connectivity index (χ2v) is 42.8. The van der Waals surface area contributed by atoms with Crippen molar-refractivity contribution in [2.75, 3.05) is 0 Å². The normalized spacial score (nSPS) is 12.4. The second-order valence-electron chi connectivity index (χ2n) is 38.6. The molecule has 0 N–H and O–H groups in total. The summed E-state index contributed by atoms with van der Waals surface area (Å²) in [5, 5.41) is 31.8. The summed E-state index contributed by atoms with van der Waals surface area (Å²) in [4.78, 5) is 32.7. The highest BCUT2D eigenvalue weighted by atomic mass is 32.1. The van der Waals surface area contributed by atoms with E-state index in [1.54, 1.807) is 11.3 Å². The molecule has 15 aromatic heterocycles. The van der Waals surface area contributed by atoms with Crippen molar-refractivity contribution in [1.29, 1.82) is 0 Å². The van der Waals surface area contributed by atoms with Crippen LogP contribution in [0.15, 0.2) is 441 Å². The van der Waals surface area contributed by atoms with Crippen molar-refractivity contribution in [3.05, 3.63) is 419 Å². The van der Waals surface area contributed by atoms with Crippen LogP contribution in [-0.2, 0) is 0 Å². The largest absolute Gasteiger partial charge is 0.456 e. The van der Waals surface area contributed by atoms with E-state index >= 15 is 0 Å². The minimum Gasteiger partial charge on any atom is -0.456 e. The average molecular weight is 1990 g/mol. The van der Waals surface area contributed by atoms with Crippen LogP contribution in [0.2, 0.25) is 0 Å². The maximum absolute atomic E-state index is 6.65. The fourth-order valence-corrected chi connectivity index (χ4v) is 29.3. The van der Waals surface area contributed by atoms with Crippen molar-refractivity contribution in [2.45, 2.75) is 0 Å². The molecule has 36 rings (SSSR count). The molecule has 0 aliphatic heterocycles. The van der Waals surface area contributed by atoms with Gasteiger partial charge in [0.2, 0.25) is 17.8 Å². The Morgan fingerprint density at radius 2 is 0.453 bits per heavy atom. The molecule has 0 amide bonds. The van der Waals surface area contributed by atoms with Gasteiger partial charge in [-0.1, -0.05) is 303 Å². The Labute approximate surface area is 862 Å². The van der Waals surface area contributed by atoms with Gasteiger partial charge in [0.05, 0.1) is 47.2 Å². The second kappa shape index (κ2) is 31.2. The van der Waals surface area contributed by atoms with Crippen molar-refractivity contribution in [2.24, 2.45) is 0 Å². The van der Waals surface area contributed by atoms with E-state index in [0.29, 0.717) is 40.3 Å². The fourth-order valence-electron chi connectivity index (χ4n) is 24.3. The van der Waals surface area contributed by atoms with Crippen molar-refractivity contribution in [3.8, 4) is 51.6 Å². The van der Waals surface area contributed by atoms with Gasteiger partial charge in [-0.15, -0.1) is 45.3 Å². The molecule has 0 radical (unpaired) electrons. The number of para-hydroxylation sites is 9. The number of aromatic nitrogens is 9. The summed E-state index contributed by atoms with van der Waals surface area (Å²) in [6.07, 6.45) is 0. The molecule has 14 nitrogen and oxygen atoms in total. The van der Waals surface area contributed by atoms with Crippen LogP contribution in [0.1, 0.15) is 0 Å². The predicted molar refractivity (Wildman–Crippen MR) is 626 cm³/mol. The lowest BCUT2D eigenvalue weighted by atomic mass is 9.99. The molecule has 0 aliphatic carbocycles. The first-order chi connectivity index (χ1) is 74.4. The Kier molecular flexibility index (Phi) is 17.1. The monoisotopic (exact) mass is 1990 g/mol. The molecular formula is C132H69N9O5S4. The first kappa shape index (κ1) is 82.2. The van der Waals surface area contributed by atoms with Gasteiger partial charge in [0.1, 0.15) is 72.7 Å². The highest BCUT2D eigenvalue weighted by Crippen LogP contribution is 2.55. The van der Waals surface area contributed by atoms with E-state index in [2.05, 4.69) is 341 Å². The van der Waals surface area contributed by atoms with E-state index in [-0.39, 0.29) is 0 Å². The van der Waals surface area contributed by atoms with Gasteiger partial charge in [-0.3, -0.25) is 13.7 Å². The molecule has 0 unspecified atom stereocenters. The lowest BCUT2D eigenvalue weighted by Gasteiger charge is -2.11. The molecule has 0 atom stereocenters. The van der Waals surface area contributed by atoms with E-state index in [4.69, 9.17) is 52.0 Å². The number of benzene rings is 21. The molecule has 0 fully saturated rings. The molecule has 0 saturated heterocycles. The molecule has 36 aromatic rings. The van der Waals surface area contributed by atoms with Gasteiger partial charge in [-0.2, -0.15) is 0 Å². The number of thiophene rings is 4. The van der Waals surface area contributed by atoms with Crippen LogP contribution >= 0.6 is 45.3 Å². The Hall–Kier alpha value is -19.1. The van der Waals surface area contributed by atoms with Gasteiger partial charge < -0.3 is 22.1 Å². The van der Waals surface area contributed by atoms with Gasteiger partial charge in [0.25, 0.3) is 0 Å². The number of hydrogen-bond donors (Lipinski definition) is 0. The first-order valence-electron chi connectivity index (χ1n) is 50.0. The van der Waals surface area contributed by atoms with Crippen molar-refractivity contribution >= 4 is 334 Å². The van der Waals surface area contributed by atoms with Crippen LogP contribution in [0.25, 0.3) is 340 Å². The molecule has 0 spiro atoms. The van der Waals surface area contributed by atoms with Crippen LogP contribution in [0.3, 0.4) is 0 Å². The van der Waals surface area contributed by atoms with Crippen molar-refractivity contribution in [1.82, 2.24) is 43.6 Å². The molecule has 15 heterocycles. The third kappa shape index (κ3) is 11.6. The fraction of sp³-hybridized carbons (Fsp3) is 0. The summed E-state index contributed by atoms with van der Waals surface area (Å²) in [6.45, 7) is 0. The van der Waals surface area contributed by atoms with E-state index in [1.165, 1.54) is 145 Å².